The number of nitrogens with zero attached hydrogens (tertiary/aromatic N) is 3. The summed E-state index contributed by atoms with van der Waals surface area (Å²) >= 11 is 0. The van der Waals surface area contributed by atoms with E-state index >= 15 is 0 Å². The van der Waals surface area contributed by atoms with Crippen LogP contribution < -0.4 is 20.9 Å². The van der Waals surface area contributed by atoms with Crippen LogP contribution in [0.15, 0.2) is 23.0 Å². The number of hydrogen-bond acceptors (Lipinski definition) is 6. The third-order valence-corrected chi connectivity index (χ3v) is 4.56. The van der Waals surface area contributed by atoms with Crippen molar-refractivity contribution in [3.63, 3.8) is 0 Å². The molecule has 140 valence electrons. The molecule has 9 heteroatoms. The number of benzene rings is 1. The smallest absolute Gasteiger partial charge is 0.332 e. The van der Waals surface area contributed by atoms with Gasteiger partial charge in [-0.3, -0.25) is 4.79 Å². The lowest BCUT2D eigenvalue weighted by molar-refractivity contribution is 0.0996. The van der Waals surface area contributed by atoms with E-state index in [1.165, 1.54) is 4.57 Å². The Morgan fingerprint density at radius 3 is 2.85 bits per heavy atom. The van der Waals surface area contributed by atoms with Gasteiger partial charge in [0.2, 0.25) is 6.79 Å². The van der Waals surface area contributed by atoms with E-state index in [-0.39, 0.29) is 23.9 Å². The normalized spacial score (nSPS) is 13.9. The molecule has 3 heterocycles. The predicted octanol–water partition coefficient (Wildman–Crippen LogP) is 1.84. The molecule has 3 aromatic rings. The quantitative estimate of drug-likeness (QED) is 0.707. The number of carbonyl (C=O) groups is 1. The number of rotatable bonds is 5. The van der Waals surface area contributed by atoms with E-state index < -0.39 is 11.6 Å². The van der Waals surface area contributed by atoms with Crippen LogP contribution in [0.2, 0.25) is 0 Å². The monoisotopic (exact) mass is 369 g/mol. The first-order valence-electron chi connectivity index (χ1n) is 8.72. The van der Waals surface area contributed by atoms with E-state index in [9.17, 15) is 9.59 Å². The molecule has 27 heavy (non-hydrogen) atoms. The Kier molecular flexibility index (Phi) is 4.06. The van der Waals surface area contributed by atoms with Crippen LogP contribution in [-0.4, -0.2) is 32.2 Å². The molecule has 1 aliphatic heterocycles. The summed E-state index contributed by atoms with van der Waals surface area (Å²) in [7, 11) is 0. The van der Waals surface area contributed by atoms with Crippen LogP contribution in [0.3, 0.4) is 0 Å². The second-order valence-electron chi connectivity index (χ2n) is 6.49. The van der Waals surface area contributed by atoms with Crippen molar-refractivity contribution in [2.24, 2.45) is 5.73 Å². The number of carbonyl (C=O) groups excluding carboxylic acids is 1. The summed E-state index contributed by atoms with van der Waals surface area (Å²) in [5, 5.41) is 0. The highest BCUT2D eigenvalue weighted by molar-refractivity contribution is 6.01. The maximum Gasteiger partial charge on any atom is 0.332 e. The van der Waals surface area contributed by atoms with E-state index in [4.69, 9.17) is 15.2 Å². The fourth-order valence-electron chi connectivity index (χ4n) is 3.23. The zero-order valence-electron chi connectivity index (χ0n) is 15.0. The van der Waals surface area contributed by atoms with Gasteiger partial charge in [0.15, 0.2) is 22.8 Å². The van der Waals surface area contributed by atoms with Gasteiger partial charge in [-0.05, 0) is 18.6 Å². The number of primary amides is 1. The topological polar surface area (TPSA) is 125 Å². The van der Waals surface area contributed by atoms with Crippen molar-refractivity contribution in [1.29, 1.82) is 0 Å². The van der Waals surface area contributed by atoms with Crippen molar-refractivity contribution >= 4 is 17.1 Å². The van der Waals surface area contributed by atoms with E-state index in [1.54, 1.807) is 18.2 Å². The summed E-state index contributed by atoms with van der Waals surface area (Å²) in [5.41, 5.74) is 6.13. The first kappa shape index (κ1) is 17.1. The molecule has 1 amide bonds. The molecule has 2 aromatic heterocycles. The standard InChI is InChI=1S/C18H19N5O4/c1-3-4-9(2)16-20-13(15(19)24)14-17(22-16)23(18(25)21-14)10-5-6-11-12(7-10)27-8-26-11/h5-7,9H,3-4,8H2,1-2H3,(H2,19,24)(H,21,25)/t9-/m1/s1. The predicted molar refractivity (Wildman–Crippen MR) is 97.4 cm³/mol. The number of hydrogen-bond donors (Lipinski definition) is 2. The Morgan fingerprint density at radius 2 is 2.11 bits per heavy atom. The number of ether oxygens (including phenoxy) is 2. The zero-order chi connectivity index (χ0) is 19.1. The van der Waals surface area contributed by atoms with E-state index in [1.807, 2.05) is 6.92 Å². The summed E-state index contributed by atoms with van der Waals surface area (Å²) in [4.78, 5) is 36.1. The molecular formula is C18H19N5O4. The van der Waals surface area contributed by atoms with Gasteiger partial charge in [0, 0.05) is 12.0 Å². The van der Waals surface area contributed by atoms with Crippen LogP contribution in [0.1, 0.15) is 48.9 Å². The van der Waals surface area contributed by atoms with Crippen LogP contribution >= 0.6 is 0 Å². The summed E-state index contributed by atoms with van der Waals surface area (Å²) in [6.07, 6.45) is 1.79. The highest BCUT2D eigenvalue weighted by atomic mass is 16.7. The van der Waals surface area contributed by atoms with Gasteiger partial charge in [0.05, 0.1) is 5.69 Å². The molecule has 9 nitrogen and oxygen atoms in total. The van der Waals surface area contributed by atoms with Gasteiger partial charge < -0.3 is 20.2 Å². The molecule has 0 spiro atoms. The summed E-state index contributed by atoms with van der Waals surface area (Å²) in [5.74, 6) is 0.930. The molecule has 1 atom stereocenters. The largest absolute Gasteiger partial charge is 0.454 e. The Bertz CT molecular complexity index is 1100. The number of amides is 1. The fraction of sp³-hybridized carbons (Fsp3) is 0.333. The van der Waals surface area contributed by atoms with Gasteiger partial charge in [-0.25, -0.2) is 19.3 Å². The molecule has 1 aromatic carbocycles. The van der Waals surface area contributed by atoms with Gasteiger partial charge in [0.1, 0.15) is 11.3 Å². The summed E-state index contributed by atoms with van der Waals surface area (Å²) < 4.78 is 12.1. The Morgan fingerprint density at radius 1 is 1.33 bits per heavy atom. The molecule has 1 aliphatic rings. The lowest BCUT2D eigenvalue weighted by atomic mass is 10.1. The molecule has 0 saturated carbocycles. The highest BCUT2D eigenvalue weighted by Gasteiger charge is 2.22. The molecule has 0 saturated heterocycles. The second kappa shape index (κ2) is 6.42. The number of fused-ring (bicyclic) bond motifs is 2. The maximum atomic E-state index is 12.6. The Balaban J connectivity index is 1.97. The van der Waals surface area contributed by atoms with Crippen LogP contribution in [-0.2, 0) is 0 Å². The second-order valence-corrected chi connectivity index (χ2v) is 6.49. The van der Waals surface area contributed by atoms with Crippen LogP contribution in [0.25, 0.3) is 16.9 Å². The van der Waals surface area contributed by atoms with Crippen molar-refractivity contribution in [2.75, 3.05) is 6.79 Å². The minimum atomic E-state index is -0.716. The molecular weight excluding hydrogens is 350 g/mol. The Labute approximate surface area is 154 Å². The summed E-state index contributed by atoms with van der Waals surface area (Å²) in [6, 6.07) is 5.14. The van der Waals surface area contributed by atoms with E-state index in [0.29, 0.717) is 28.7 Å². The first-order chi connectivity index (χ1) is 13.0. The van der Waals surface area contributed by atoms with Crippen LogP contribution in [0, 0.1) is 0 Å². The average molecular weight is 369 g/mol. The fourth-order valence-corrected chi connectivity index (χ4v) is 3.23. The van der Waals surface area contributed by atoms with Gasteiger partial charge in [-0.1, -0.05) is 20.3 Å². The molecule has 0 bridgehead atoms. The van der Waals surface area contributed by atoms with Gasteiger partial charge in [-0.2, -0.15) is 0 Å². The van der Waals surface area contributed by atoms with Crippen molar-refractivity contribution < 1.29 is 14.3 Å². The van der Waals surface area contributed by atoms with Crippen LogP contribution in [0.4, 0.5) is 0 Å². The van der Waals surface area contributed by atoms with Crippen LogP contribution in [0.5, 0.6) is 11.5 Å². The maximum absolute atomic E-state index is 12.6. The SMILES string of the molecule is CCC[C@@H](C)c1nc(C(N)=O)c2[nH]c(=O)n(-c3ccc4c(c3)OCO4)c2n1. The lowest BCUT2D eigenvalue weighted by Crippen LogP contribution is -2.17. The van der Waals surface area contributed by atoms with E-state index in [2.05, 4.69) is 21.9 Å². The lowest BCUT2D eigenvalue weighted by Gasteiger charge is -2.11. The first-order valence-corrected chi connectivity index (χ1v) is 8.72. The molecule has 0 aliphatic carbocycles. The third-order valence-electron chi connectivity index (χ3n) is 4.56. The Hall–Kier alpha value is -3.36. The minimum absolute atomic E-state index is 0.00884. The third kappa shape index (κ3) is 2.80. The minimum Gasteiger partial charge on any atom is -0.454 e. The van der Waals surface area contributed by atoms with E-state index in [0.717, 1.165) is 12.8 Å². The highest BCUT2D eigenvalue weighted by Crippen LogP contribution is 2.34. The summed E-state index contributed by atoms with van der Waals surface area (Å²) in [6.45, 7) is 4.17. The molecule has 0 fully saturated rings. The van der Waals surface area contributed by atoms with Crippen molar-refractivity contribution in [3.05, 3.63) is 40.2 Å². The van der Waals surface area contributed by atoms with Crippen molar-refractivity contribution in [1.82, 2.24) is 19.5 Å². The molecule has 0 unspecified atom stereocenters. The van der Waals surface area contributed by atoms with Crippen molar-refractivity contribution in [2.45, 2.75) is 32.6 Å². The van der Waals surface area contributed by atoms with Gasteiger partial charge in [0.25, 0.3) is 5.91 Å². The number of imidazole rings is 1. The number of H-pyrrole nitrogens is 1. The van der Waals surface area contributed by atoms with Gasteiger partial charge in [-0.15, -0.1) is 0 Å². The van der Waals surface area contributed by atoms with Gasteiger partial charge >= 0.3 is 5.69 Å². The number of aromatic nitrogens is 4. The molecule has 0 radical (unpaired) electrons. The number of nitrogens with one attached hydrogen (secondary N) is 1. The number of nitrogens with two attached hydrogens (primary N) is 1. The number of aromatic amines is 1. The zero-order valence-corrected chi connectivity index (χ0v) is 15.0. The molecule has 4 rings (SSSR count). The molecule has 3 N–H and O–H groups in total. The average Bonchev–Trinajstić information content (AvgIpc) is 3.23. The van der Waals surface area contributed by atoms with Crippen molar-refractivity contribution in [3.8, 4) is 17.2 Å².